The molecule has 0 radical (unpaired) electrons. The van der Waals surface area contributed by atoms with E-state index in [4.69, 9.17) is 0 Å². The first kappa shape index (κ1) is 18.0. The van der Waals surface area contributed by atoms with Crippen LogP contribution in [0.3, 0.4) is 0 Å². The van der Waals surface area contributed by atoms with E-state index in [9.17, 15) is 9.00 Å². The number of nitrogens with one attached hydrogen (secondary N) is 1. The minimum Gasteiger partial charge on any atom is -0.275 e. The molecule has 0 aromatic heterocycles. The van der Waals surface area contributed by atoms with Crippen LogP contribution in [-0.4, -0.2) is 16.0 Å². The summed E-state index contributed by atoms with van der Waals surface area (Å²) in [5, 5.41) is 0. The predicted octanol–water partition coefficient (Wildman–Crippen LogP) is 4.34. The van der Waals surface area contributed by atoms with E-state index in [1.54, 1.807) is 36.4 Å². The van der Waals surface area contributed by atoms with Crippen LogP contribution in [0.25, 0.3) is 11.1 Å². The van der Waals surface area contributed by atoms with Gasteiger partial charge in [0, 0.05) is 5.56 Å². The monoisotopic (exact) mass is 363 g/mol. The van der Waals surface area contributed by atoms with Crippen molar-refractivity contribution in [2.24, 2.45) is 0 Å². The van der Waals surface area contributed by atoms with Gasteiger partial charge in [0.05, 0.1) is 14.6 Å². The molecular formula is C22H21NO2S. The Balaban J connectivity index is 1.96. The highest BCUT2D eigenvalue weighted by molar-refractivity contribution is 7.99. The van der Waals surface area contributed by atoms with Gasteiger partial charge in [-0.25, -0.2) is 4.21 Å². The maximum absolute atomic E-state index is 13.2. The minimum absolute atomic E-state index is 0.401. The van der Waals surface area contributed by atoms with Crippen LogP contribution in [-0.2, 0) is 16.1 Å². The summed E-state index contributed by atoms with van der Waals surface area (Å²) in [6, 6.07) is 24.2. The first-order chi connectivity index (χ1) is 12.5. The molecule has 26 heavy (non-hydrogen) atoms. The number of carbonyl (C=O) groups is 1. The third-order valence-electron chi connectivity index (χ3n) is 4.21. The first-order valence-corrected chi connectivity index (χ1v) is 10.2. The Morgan fingerprint density at radius 1 is 0.923 bits per heavy atom. The summed E-state index contributed by atoms with van der Waals surface area (Å²) in [5.74, 6) is 3.42. The average molecular weight is 363 g/mol. The molecule has 132 valence electrons. The number of rotatable bonds is 5. The molecule has 4 heteroatoms. The van der Waals surface area contributed by atoms with Gasteiger partial charge in [0.25, 0.3) is 5.91 Å². The van der Waals surface area contributed by atoms with E-state index < -0.39 is 15.6 Å². The lowest BCUT2D eigenvalue weighted by atomic mass is 10.0. The highest BCUT2D eigenvalue weighted by Gasteiger charge is 2.17. The molecule has 0 aliphatic carbocycles. The SMILES string of the molecule is C=S(=O)(NC(=O)c1ccccc1)c1ccccc1-c1ccc(CC)cc1. The van der Waals surface area contributed by atoms with Gasteiger partial charge in [-0.1, -0.05) is 67.6 Å². The van der Waals surface area contributed by atoms with Gasteiger partial charge in [-0.15, -0.1) is 0 Å². The van der Waals surface area contributed by atoms with E-state index in [2.05, 4.69) is 29.6 Å². The van der Waals surface area contributed by atoms with Crippen molar-refractivity contribution in [3.05, 3.63) is 90.0 Å². The molecule has 1 unspecified atom stereocenters. The molecule has 0 bridgehead atoms. The van der Waals surface area contributed by atoms with Crippen LogP contribution in [0, 0.1) is 0 Å². The van der Waals surface area contributed by atoms with E-state index in [0.29, 0.717) is 10.5 Å². The molecule has 1 N–H and O–H groups in total. The first-order valence-electron chi connectivity index (χ1n) is 8.44. The van der Waals surface area contributed by atoms with Crippen LogP contribution in [0.2, 0.25) is 0 Å². The normalized spacial score (nSPS) is 13.0. The number of aryl methyl sites for hydroxylation is 1. The molecule has 3 nitrogen and oxygen atoms in total. The maximum atomic E-state index is 13.2. The third-order valence-corrected chi connectivity index (χ3v) is 5.79. The third kappa shape index (κ3) is 3.86. The summed E-state index contributed by atoms with van der Waals surface area (Å²) in [4.78, 5) is 13.0. The zero-order chi connectivity index (χ0) is 18.6. The van der Waals surface area contributed by atoms with Crippen molar-refractivity contribution < 1.29 is 9.00 Å². The Hall–Kier alpha value is -2.85. The highest BCUT2D eigenvalue weighted by atomic mass is 32.2. The average Bonchev–Trinajstić information content (AvgIpc) is 2.68. The molecular weight excluding hydrogens is 342 g/mol. The lowest BCUT2D eigenvalue weighted by molar-refractivity contribution is 0.0982. The number of amides is 1. The van der Waals surface area contributed by atoms with Crippen molar-refractivity contribution in [1.82, 2.24) is 4.72 Å². The summed E-state index contributed by atoms with van der Waals surface area (Å²) in [6.45, 7) is 2.10. The number of hydrogen-bond acceptors (Lipinski definition) is 2. The number of hydrogen-bond donors (Lipinski definition) is 1. The van der Waals surface area contributed by atoms with Gasteiger partial charge in [-0.2, -0.15) is 0 Å². The van der Waals surface area contributed by atoms with Crippen LogP contribution in [0.5, 0.6) is 0 Å². The molecule has 0 fully saturated rings. The molecule has 0 saturated heterocycles. The molecule has 1 atom stereocenters. The van der Waals surface area contributed by atoms with Gasteiger partial charge < -0.3 is 0 Å². The van der Waals surface area contributed by atoms with Gasteiger partial charge in [-0.05, 0) is 47.2 Å². The van der Waals surface area contributed by atoms with E-state index in [-0.39, 0.29) is 0 Å². The van der Waals surface area contributed by atoms with Crippen molar-refractivity contribution in [2.75, 3.05) is 0 Å². The highest BCUT2D eigenvalue weighted by Crippen LogP contribution is 2.27. The van der Waals surface area contributed by atoms with Crippen LogP contribution in [0.15, 0.2) is 83.8 Å². The number of carbonyl (C=O) groups excluding carboxylic acids is 1. The van der Waals surface area contributed by atoms with Crippen LogP contribution in [0.4, 0.5) is 0 Å². The molecule has 3 aromatic carbocycles. The lowest BCUT2D eigenvalue weighted by Gasteiger charge is -2.16. The van der Waals surface area contributed by atoms with E-state index in [1.807, 2.05) is 30.3 Å². The fourth-order valence-electron chi connectivity index (χ4n) is 2.77. The van der Waals surface area contributed by atoms with E-state index in [0.717, 1.165) is 17.5 Å². The van der Waals surface area contributed by atoms with Gasteiger partial charge in [0.15, 0.2) is 0 Å². The largest absolute Gasteiger partial charge is 0.275 e. The van der Waals surface area contributed by atoms with Crippen molar-refractivity contribution in [1.29, 1.82) is 0 Å². The standard InChI is InChI=1S/C22H21NO2S/c1-3-17-13-15-18(16-14-17)20-11-7-8-12-21(20)26(2,25)23-22(24)19-9-5-4-6-10-19/h4-16H,2-3H2,1H3,(H,23,24,25). The Bertz CT molecular complexity index is 1010. The topological polar surface area (TPSA) is 46.2 Å². The van der Waals surface area contributed by atoms with Gasteiger partial charge in [0.1, 0.15) is 0 Å². The molecule has 3 rings (SSSR count). The Kier molecular flexibility index (Phi) is 5.24. The molecule has 0 aliphatic heterocycles. The van der Waals surface area contributed by atoms with E-state index >= 15 is 0 Å². The van der Waals surface area contributed by atoms with Crippen molar-refractivity contribution >= 4 is 21.5 Å². The Morgan fingerprint density at radius 2 is 1.54 bits per heavy atom. The van der Waals surface area contributed by atoms with Crippen molar-refractivity contribution in [2.45, 2.75) is 18.2 Å². The fraction of sp³-hybridized carbons (Fsp3) is 0.0909. The summed E-state index contributed by atoms with van der Waals surface area (Å²) < 4.78 is 15.8. The smallest absolute Gasteiger partial charge is 0.262 e. The summed E-state index contributed by atoms with van der Waals surface area (Å²) in [7, 11) is -3.00. The predicted molar refractivity (Wildman–Crippen MR) is 109 cm³/mol. The second kappa shape index (κ2) is 7.58. The van der Waals surface area contributed by atoms with Gasteiger partial charge in [-0.3, -0.25) is 9.52 Å². The van der Waals surface area contributed by atoms with Gasteiger partial charge in [0.2, 0.25) is 0 Å². The lowest BCUT2D eigenvalue weighted by Crippen LogP contribution is -2.30. The quantitative estimate of drug-likeness (QED) is 0.686. The Morgan fingerprint density at radius 3 is 2.19 bits per heavy atom. The fourth-order valence-corrected chi connectivity index (χ4v) is 4.13. The molecule has 0 aliphatic rings. The zero-order valence-electron chi connectivity index (χ0n) is 14.6. The van der Waals surface area contributed by atoms with Gasteiger partial charge >= 0.3 is 0 Å². The van der Waals surface area contributed by atoms with Crippen LogP contribution in [0.1, 0.15) is 22.8 Å². The van der Waals surface area contributed by atoms with Crippen molar-refractivity contribution in [3.63, 3.8) is 0 Å². The summed E-state index contributed by atoms with van der Waals surface area (Å²) in [6.07, 6.45) is 0.959. The summed E-state index contributed by atoms with van der Waals surface area (Å²) >= 11 is 0. The molecule has 0 saturated carbocycles. The van der Waals surface area contributed by atoms with E-state index in [1.165, 1.54) is 5.56 Å². The zero-order valence-corrected chi connectivity index (χ0v) is 15.5. The van der Waals surface area contributed by atoms with Crippen molar-refractivity contribution in [3.8, 4) is 11.1 Å². The second-order valence-corrected chi connectivity index (χ2v) is 8.01. The molecule has 1 amide bonds. The van der Waals surface area contributed by atoms with Crippen LogP contribution >= 0.6 is 0 Å². The maximum Gasteiger partial charge on any atom is 0.262 e. The van der Waals surface area contributed by atoms with Crippen LogP contribution < -0.4 is 4.72 Å². The minimum atomic E-state index is -3.00. The molecule has 0 spiro atoms. The number of benzene rings is 3. The molecule has 0 heterocycles. The second-order valence-electron chi connectivity index (χ2n) is 6.02. The molecule has 3 aromatic rings. The Labute approximate surface area is 154 Å². The summed E-state index contributed by atoms with van der Waals surface area (Å²) in [5.41, 5.74) is 3.44.